The van der Waals surface area contributed by atoms with Gasteiger partial charge in [0.1, 0.15) is 36.4 Å². The predicted octanol–water partition coefficient (Wildman–Crippen LogP) is 4.56. The molecule has 2 saturated heterocycles. The number of aromatic nitrogens is 10. The van der Waals surface area contributed by atoms with Gasteiger partial charge in [-0.25, -0.2) is 19.9 Å². The normalized spacial score (nSPS) is 17.9. The topological polar surface area (TPSA) is 300 Å². The monoisotopic (exact) mass is 970 g/mol. The SMILES string of the molecule is Cc1c(N)cncc1-c1cc2cc(Nc3cc4n(n3)CC(=O)N(C3CCOC3)CC4)ncc2c(N)n1.Cc1c(N)cncc1-c1cc2cc(Nc3cc4n(n3)CC(=O)N(C3CCOC3)CC4)ncc2c(N)n1. The number of carbonyl (C=O) groups is 2. The number of pyridine rings is 6. The van der Waals surface area contributed by atoms with Crippen LogP contribution >= 0.6 is 0 Å². The average Bonchev–Trinajstić information content (AvgIpc) is 4.20. The van der Waals surface area contributed by atoms with Crippen molar-refractivity contribution in [1.29, 1.82) is 0 Å². The van der Waals surface area contributed by atoms with E-state index >= 15 is 0 Å². The third kappa shape index (κ3) is 9.07. The number of nitrogen functional groups attached to an aromatic ring is 4. The minimum absolute atomic E-state index is 0.0737. The Bertz CT molecular complexity index is 3180. The molecule has 22 heteroatoms. The van der Waals surface area contributed by atoms with Gasteiger partial charge < -0.3 is 52.8 Å². The van der Waals surface area contributed by atoms with Crippen LogP contribution in [-0.2, 0) is 45.0 Å². The van der Waals surface area contributed by atoms with Gasteiger partial charge in [0, 0.05) is 109 Å². The van der Waals surface area contributed by atoms with Crippen LogP contribution in [0.4, 0.5) is 46.3 Å². The molecule has 4 aliphatic heterocycles. The standard InChI is InChI=1S/2C25H27N9O2/c2*1-14-18(9-28-11-20(14)26)21-6-15-7-22(29-10-19(15)25(27)30-21)31-23-8-16-2-4-33(17-3-5-36-13-17)24(35)12-34(16)32-23/h2*6-11,17H,2-5,12-13,26H2,1H3,(H2,27,30)(H,29,31,32). The Labute approximate surface area is 413 Å². The smallest absolute Gasteiger partial charge is 0.244 e. The highest BCUT2D eigenvalue weighted by Crippen LogP contribution is 2.33. The molecule has 8 aromatic heterocycles. The van der Waals surface area contributed by atoms with Crippen LogP contribution in [0, 0.1) is 13.8 Å². The fraction of sp³-hybridized carbons (Fsp3) is 0.320. The number of fused-ring (bicyclic) bond motifs is 4. The highest BCUT2D eigenvalue weighted by atomic mass is 16.5. The number of carbonyl (C=O) groups excluding carboxylic acids is 2. The fourth-order valence-electron chi connectivity index (χ4n) is 9.80. The Kier molecular flexibility index (Phi) is 12.1. The maximum atomic E-state index is 12.9. The van der Waals surface area contributed by atoms with Crippen molar-refractivity contribution in [3.63, 3.8) is 0 Å². The third-order valence-corrected chi connectivity index (χ3v) is 13.9. The van der Waals surface area contributed by atoms with E-state index in [1.165, 1.54) is 0 Å². The third-order valence-electron chi connectivity index (χ3n) is 13.9. The van der Waals surface area contributed by atoms with Crippen LogP contribution in [0.25, 0.3) is 44.1 Å². The van der Waals surface area contributed by atoms with Crippen LogP contribution in [-0.4, -0.2) is 123 Å². The van der Waals surface area contributed by atoms with Crippen LogP contribution in [0.15, 0.2) is 73.6 Å². The first-order chi connectivity index (χ1) is 34.9. The molecule has 0 aliphatic carbocycles. The molecule has 2 amide bonds. The Balaban J connectivity index is 0.000000156. The molecule has 22 nitrogen and oxygen atoms in total. The van der Waals surface area contributed by atoms with Crippen molar-refractivity contribution >= 4 is 79.6 Å². The summed E-state index contributed by atoms with van der Waals surface area (Å²) in [6.45, 7) is 8.29. The number of nitrogens with zero attached hydrogens (tertiary/aromatic N) is 12. The molecule has 0 radical (unpaired) electrons. The molecule has 72 heavy (non-hydrogen) atoms. The van der Waals surface area contributed by atoms with Crippen molar-refractivity contribution in [2.45, 2.75) is 64.7 Å². The lowest BCUT2D eigenvalue weighted by Crippen LogP contribution is -2.42. The Morgan fingerprint density at radius 1 is 0.569 bits per heavy atom. The summed E-state index contributed by atoms with van der Waals surface area (Å²) in [5, 5.41) is 19.1. The summed E-state index contributed by atoms with van der Waals surface area (Å²) in [7, 11) is 0. The molecule has 2 fully saturated rings. The van der Waals surface area contributed by atoms with Gasteiger partial charge in [0.25, 0.3) is 0 Å². The van der Waals surface area contributed by atoms with Crippen molar-refractivity contribution in [3.8, 4) is 22.5 Å². The van der Waals surface area contributed by atoms with E-state index in [9.17, 15) is 9.59 Å². The first-order valence-electron chi connectivity index (χ1n) is 23.9. The zero-order valence-electron chi connectivity index (χ0n) is 39.9. The molecular weight excluding hydrogens is 917 g/mol. The number of ether oxygens (including phenoxy) is 2. The molecule has 0 spiro atoms. The van der Waals surface area contributed by atoms with Gasteiger partial charge in [-0.3, -0.25) is 28.9 Å². The van der Waals surface area contributed by atoms with Crippen molar-refractivity contribution in [2.75, 3.05) is 73.1 Å². The molecule has 0 bridgehead atoms. The molecule has 368 valence electrons. The van der Waals surface area contributed by atoms with Crippen LogP contribution < -0.4 is 33.6 Å². The largest absolute Gasteiger partial charge is 0.397 e. The Morgan fingerprint density at radius 2 is 1.01 bits per heavy atom. The summed E-state index contributed by atoms with van der Waals surface area (Å²) in [5.74, 6) is 3.42. The molecule has 4 aliphatic rings. The van der Waals surface area contributed by atoms with Crippen LogP contribution in [0.5, 0.6) is 0 Å². The maximum Gasteiger partial charge on any atom is 0.244 e. The zero-order chi connectivity index (χ0) is 49.6. The summed E-state index contributed by atoms with van der Waals surface area (Å²) >= 11 is 0. The summed E-state index contributed by atoms with van der Waals surface area (Å²) in [4.78, 5) is 56.1. The van der Waals surface area contributed by atoms with Crippen LogP contribution in [0.3, 0.4) is 0 Å². The second kappa shape index (κ2) is 19.0. The Hall–Kier alpha value is -8.50. The number of nitrogens with one attached hydrogen (secondary N) is 2. The van der Waals surface area contributed by atoms with Crippen molar-refractivity contribution in [2.24, 2.45) is 0 Å². The summed E-state index contributed by atoms with van der Waals surface area (Å²) in [5.41, 5.74) is 32.6. The van der Waals surface area contributed by atoms with E-state index < -0.39 is 0 Å². The van der Waals surface area contributed by atoms with Crippen LogP contribution in [0.1, 0.15) is 35.4 Å². The molecule has 2 unspecified atom stereocenters. The van der Waals surface area contributed by atoms with Gasteiger partial charge in [-0.05, 0) is 72.9 Å². The molecule has 8 aromatic rings. The first-order valence-corrected chi connectivity index (χ1v) is 23.9. The van der Waals surface area contributed by atoms with E-state index in [1.54, 1.807) is 46.5 Å². The second-order valence-corrected chi connectivity index (χ2v) is 18.5. The second-order valence-electron chi connectivity index (χ2n) is 18.5. The van der Waals surface area contributed by atoms with Crippen molar-refractivity contribution < 1.29 is 19.1 Å². The number of hydrogen-bond donors (Lipinski definition) is 6. The number of nitrogens with two attached hydrogens (primary N) is 4. The summed E-state index contributed by atoms with van der Waals surface area (Å²) in [6, 6.07) is 12.0. The average molecular weight is 971 g/mol. The molecular formula is C50H54N18O4. The van der Waals surface area contributed by atoms with Crippen LogP contribution in [0.2, 0.25) is 0 Å². The van der Waals surface area contributed by atoms with Gasteiger partial charge in [0.05, 0.1) is 60.5 Å². The van der Waals surface area contributed by atoms with Crippen molar-refractivity contribution in [3.05, 3.63) is 96.1 Å². The predicted molar refractivity (Wildman–Crippen MR) is 273 cm³/mol. The quantitative estimate of drug-likeness (QED) is 0.122. The first kappa shape index (κ1) is 45.9. The fourth-order valence-corrected chi connectivity index (χ4v) is 9.80. The lowest BCUT2D eigenvalue weighted by molar-refractivity contribution is -0.134. The van der Waals surface area contributed by atoms with Gasteiger partial charge in [-0.15, -0.1) is 0 Å². The maximum absolute atomic E-state index is 12.9. The lowest BCUT2D eigenvalue weighted by atomic mass is 10.0. The molecule has 10 N–H and O–H groups in total. The zero-order valence-corrected chi connectivity index (χ0v) is 39.9. The van der Waals surface area contributed by atoms with E-state index in [1.807, 2.05) is 60.0 Å². The number of anilines is 8. The van der Waals surface area contributed by atoms with Gasteiger partial charge in [-0.1, -0.05) is 0 Å². The minimum Gasteiger partial charge on any atom is -0.397 e. The highest BCUT2D eigenvalue weighted by Gasteiger charge is 2.32. The van der Waals surface area contributed by atoms with Gasteiger partial charge in [0.2, 0.25) is 11.8 Å². The van der Waals surface area contributed by atoms with Gasteiger partial charge in [-0.2, -0.15) is 10.2 Å². The molecule has 0 aromatic carbocycles. The molecule has 12 heterocycles. The molecule has 0 saturated carbocycles. The van der Waals surface area contributed by atoms with Gasteiger partial charge in [0.15, 0.2) is 11.6 Å². The Morgan fingerprint density at radius 3 is 1.43 bits per heavy atom. The molecule has 12 rings (SSSR count). The van der Waals surface area contributed by atoms with E-state index in [-0.39, 0.29) is 37.0 Å². The van der Waals surface area contributed by atoms with Crippen molar-refractivity contribution in [1.82, 2.24) is 59.3 Å². The van der Waals surface area contributed by atoms with Gasteiger partial charge >= 0.3 is 0 Å². The van der Waals surface area contributed by atoms with E-state index in [4.69, 9.17) is 32.4 Å². The van der Waals surface area contributed by atoms with E-state index in [0.29, 0.717) is 97.2 Å². The number of amides is 2. The van der Waals surface area contributed by atoms with E-state index in [0.717, 1.165) is 80.9 Å². The number of hydrogen-bond acceptors (Lipinski definition) is 18. The minimum atomic E-state index is 0.0737. The molecule has 2 atom stereocenters. The lowest BCUT2D eigenvalue weighted by Gasteiger charge is -2.26. The van der Waals surface area contributed by atoms with E-state index in [2.05, 4.69) is 50.7 Å². The summed E-state index contributed by atoms with van der Waals surface area (Å²) in [6.07, 6.45) is 13.4. The number of rotatable bonds is 8. The summed E-state index contributed by atoms with van der Waals surface area (Å²) < 4.78 is 14.5. The highest BCUT2D eigenvalue weighted by molar-refractivity contribution is 5.96.